The molecule has 1 N–H and O–H groups in total. The Morgan fingerprint density at radius 2 is 2.14 bits per heavy atom. The van der Waals surface area contributed by atoms with Gasteiger partial charge in [0, 0.05) is 4.92 Å². The average molecular weight is 205 g/mol. The molecule has 6 heteroatoms. The fourth-order valence-corrected chi connectivity index (χ4v) is 1.24. The molecule has 1 aliphatic heterocycles. The highest BCUT2D eigenvalue weighted by Gasteiger charge is 2.47. The zero-order valence-electron chi connectivity index (χ0n) is 8.14. The Kier molecular flexibility index (Phi) is 3.79. The minimum Gasteiger partial charge on any atom is -0.389 e. The third kappa shape index (κ3) is 2.20. The Hall–Kier alpha value is -0.720. The fourth-order valence-electron chi connectivity index (χ4n) is 1.24. The largest absolute Gasteiger partial charge is 0.389 e. The van der Waals surface area contributed by atoms with E-state index >= 15 is 0 Å². The molecular formula is C8H15NO5. The summed E-state index contributed by atoms with van der Waals surface area (Å²) in [5.74, 6) is 0. The predicted octanol–water partition coefficient (Wildman–Crippen LogP) is 0.167. The first-order chi connectivity index (χ1) is 6.64. The van der Waals surface area contributed by atoms with Crippen molar-refractivity contribution in [2.45, 2.75) is 31.6 Å². The van der Waals surface area contributed by atoms with Gasteiger partial charge in [-0.05, 0) is 6.42 Å². The van der Waals surface area contributed by atoms with E-state index in [0.29, 0.717) is 0 Å². The highest BCUT2D eigenvalue weighted by molar-refractivity contribution is 4.81. The van der Waals surface area contributed by atoms with E-state index < -0.39 is 17.1 Å². The number of hydrogen-bond acceptors (Lipinski definition) is 5. The molecule has 0 bridgehead atoms. The van der Waals surface area contributed by atoms with Crippen molar-refractivity contribution in [3.8, 4) is 0 Å². The molecule has 0 aromatic rings. The number of hydrogen-bond donors (Lipinski definition) is 1. The molecule has 0 spiro atoms. The van der Waals surface area contributed by atoms with Gasteiger partial charge in [0.2, 0.25) is 0 Å². The Morgan fingerprint density at radius 3 is 2.50 bits per heavy atom. The third-order valence-electron chi connectivity index (χ3n) is 2.28. The maximum atomic E-state index is 10.7. The lowest BCUT2D eigenvalue weighted by atomic mass is 10.0. The van der Waals surface area contributed by atoms with Crippen LogP contribution in [0.4, 0.5) is 0 Å². The minimum atomic E-state index is -1.47. The van der Waals surface area contributed by atoms with Gasteiger partial charge < -0.3 is 14.6 Å². The minimum absolute atomic E-state index is 0.0822. The number of nitrogens with zero attached hydrogens (tertiary/aromatic N) is 1. The van der Waals surface area contributed by atoms with Crippen LogP contribution in [0.2, 0.25) is 0 Å². The van der Waals surface area contributed by atoms with Crippen LogP contribution < -0.4 is 0 Å². The molecule has 1 heterocycles. The van der Waals surface area contributed by atoms with E-state index in [1.807, 2.05) is 6.92 Å². The molecule has 1 rings (SSSR count). The van der Waals surface area contributed by atoms with Crippen LogP contribution in [0, 0.1) is 10.1 Å². The van der Waals surface area contributed by atoms with Gasteiger partial charge in [-0.15, -0.1) is 0 Å². The van der Waals surface area contributed by atoms with Gasteiger partial charge in [0.15, 0.2) is 6.29 Å². The molecule has 0 aliphatic carbocycles. The van der Waals surface area contributed by atoms with Crippen LogP contribution >= 0.6 is 0 Å². The molecule has 6 nitrogen and oxygen atoms in total. The lowest BCUT2D eigenvalue weighted by Crippen LogP contribution is -2.55. The number of aliphatic hydroxyl groups is 1. The van der Waals surface area contributed by atoms with Gasteiger partial charge in [0.25, 0.3) is 5.54 Å². The van der Waals surface area contributed by atoms with Crippen LogP contribution in [0.5, 0.6) is 0 Å². The quantitative estimate of drug-likeness (QED) is 0.522. The Morgan fingerprint density at radius 1 is 1.57 bits per heavy atom. The second-order valence-corrected chi connectivity index (χ2v) is 3.48. The summed E-state index contributed by atoms with van der Waals surface area (Å²) < 4.78 is 10.3. The molecule has 0 aromatic carbocycles. The number of ether oxygens (including phenoxy) is 2. The molecular weight excluding hydrogens is 190 g/mol. The van der Waals surface area contributed by atoms with E-state index in [-0.39, 0.29) is 19.5 Å². The van der Waals surface area contributed by atoms with E-state index in [2.05, 4.69) is 0 Å². The molecule has 0 atom stereocenters. The van der Waals surface area contributed by atoms with Gasteiger partial charge in [-0.2, -0.15) is 0 Å². The van der Waals surface area contributed by atoms with E-state index in [4.69, 9.17) is 14.6 Å². The summed E-state index contributed by atoms with van der Waals surface area (Å²) in [6.07, 6.45) is 1.26. The van der Waals surface area contributed by atoms with Crippen LogP contribution in [0.1, 0.15) is 19.8 Å². The highest BCUT2D eigenvalue weighted by Crippen LogP contribution is 2.20. The monoisotopic (exact) mass is 205 g/mol. The molecule has 1 aliphatic rings. The molecule has 0 saturated carbocycles. The maximum Gasteiger partial charge on any atom is 0.290 e. The number of aliphatic hydroxyl groups excluding tert-OH is 1. The zero-order chi connectivity index (χ0) is 10.6. The van der Waals surface area contributed by atoms with Crippen molar-refractivity contribution in [1.82, 2.24) is 0 Å². The Labute approximate surface area is 82.0 Å². The van der Waals surface area contributed by atoms with Crippen LogP contribution in [-0.4, -0.2) is 41.7 Å². The topological polar surface area (TPSA) is 81.8 Å². The van der Waals surface area contributed by atoms with Crippen molar-refractivity contribution in [1.29, 1.82) is 0 Å². The first-order valence-corrected chi connectivity index (χ1v) is 4.63. The van der Waals surface area contributed by atoms with Gasteiger partial charge in [0.05, 0.1) is 0 Å². The third-order valence-corrected chi connectivity index (χ3v) is 2.28. The molecule has 0 radical (unpaired) electrons. The molecule has 0 unspecified atom stereocenters. The van der Waals surface area contributed by atoms with Crippen molar-refractivity contribution in [2.75, 3.05) is 19.8 Å². The zero-order valence-corrected chi connectivity index (χ0v) is 8.14. The van der Waals surface area contributed by atoms with E-state index in [9.17, 15) is 10.1 Å². The SMILES string of the molecule is CCCC1OCC(CO)([N+](=O)[O-])CO1. The lowest BCUT2D eigenvalue weighted by molar-refractivity contribution is -0.594. The normalized spacial score (nSPS) is 32.9. The molecule has 1 saturated heterocycles. The van der Waals surface area contributed by atoms with E-state index in [1.54, 1.807) is 0 Å². The first kappa shape index (κ1) is 11.4. The molecule has 1 fully saturated rings. The summed E-state index contributed by atoms with van der Waals surface area (Å²) in [5.41, 5.74) is -1.47. The van der Waals surface area contributed by atoms with Crippen LogP contribution in [-0.2, 0) is 9.47 Å². The summed E-state index contributed by atoms with van der Waals surface area (Å²) in [5, 5.41) is 19.6. The lowest BCUT2D eigenvalue weighted by Gasteiger charge is -2.32. The molecule has 82 valence electrons. The van der Waals surface area contributed by atoms with Crippen molar-refractivity contribution in [2.24, 2.45) is 0 Å². The average Bonchev–Trinajstić information content (AvgIpc) is 2.19. The Balaban J connectivity index is 2.50. The Bertz CT molecular complexity index is 200. The van der Waals surface area contributed by atoms with Gasteiger partial charge in [-0.1, -0.05) is 13.3 Å². The fraction of sp³-hybridized carbons (Fsp3) is 1.00. The van der Waals surface area contributed by atoms with Gasteiger partial charge >= 0.3 is 0 Å². The van der Waals surface area contributed by atoms with Crippen LogP contribution in [0.3, 0.4) is 0 Å². The summed E-state index contributed by atoms with van der Waals surface area (Å²) in [6, 6.07) is 0. The first-order valence-electron chi connectivity index (χ1n) is 4.63. The van der Waals surface area contributed by atoms with Crippen LogP contribution in [0.15, 0.2) is 0 Å². The molecule has 0 aromatic heterocycles. The van der Waals surface area contributed by atoms with Crippen molar-refractivity contribution in [3.63, 3.8) is 0 Å². The van der Waals surface area contributed by atoms with Crippen LogP contribution in [0.25, 0.3) is 0 Å². The maximum absolute atomic E-state index is 10.7. The van der Waals surface area contributed by atoms with Crippen molar-refractivity contribution < 1.29 is 19.5 Å². The van der Waals surface area contributed by atoms with Crippen molar-refractivity contribution >= 4 is 0 Å². The highest BCUT2D eigenvalue weighted by atomic mass is 16.7. The van der Waals surface area contributed by atoms with Gasteiger partial charge in [0.1, 0.15) is 19.8 Å². The second kappa shape index (κ2) is 4.68. The summed E-state index contributed by atoms with van der Waals surface area (Å²) in [6.45, 7) is 1.26. The number of rotatable bonds is 4. The number of nitro groups is 1. The molecule has 14 heavy (non-hydrogen) atoms. The molecule has 0 amide bonds. The van der Waals surface area contributed by atoms with Gasteiger partial charge in [-0.25, -0.2) is 0 Å². The summed E-state index contributed by atoms with van der Waals surface area (Å²) >= 11 is 0. The second-order valence-electron chi connectivity index (χ2n) is 3.48. The van der Waals surface area contributed by atoms with E-state index in [0.717, 1.165) is 12.8 Å². The van der Waals surface area contributed by atoms with Gasteiger partial charge in [-0.3, -0.25) is 10.1 Å². The summed E-state index contributed by atoms with van der Waals surface area (Å²) in [4.78, 5) is 10.1. The predicted molar refractivity (Wildman–Crippen MR) is 47.4 cm³/mol. The van der Waals surface area contributed by atoms with Crippen molar-refractivity contribution in [3.05, 3.63) is 10.1 Å². The smallest absolute Gasteiger partial charge is 0.290 e. The standard InChI is InChI=1S/C8H15NO5/c1-2-3-7-13-5-8(4-10,6-14-7)9(11)12/h7,10H,2-6H2,1H3. The van der Waals surface area contributed by atoms with E-state index in [1.165, 1.54) is 0 Å². The summed E-state index contributed by atoms with van der Waals surface area (Å²) in [7, 11) is 0.